The maximum Gasteiger partial charge on any atom is 0.326 e. The van der Waals surface area contributed by atoms with Gasteiger partial charge in [-0.1, -0.05) is 0 Å². The third kappa shape index (κ3) is 7.95. The van der Waals surface area contributed by atoms with E-state index in [9.17, 15) is 14.4 Å². The number of aliphatic carboxylic acids is 1. The van der Waals surface area contributed by atoms with Crippen LogP contribution in [0.1, 0.15) is 6.42 Å². The van der Waals surface area contributed by atoms with Crippen LogP contribution in [0.15, 0.2) is 0 Å². The molecule has 0 radical (unpaired) electrons. The summed E-state index contributed by atoms with van der Waals surface area (Å²) in [6.45, 7) is 0.416. The minimum atomic E-state index is -1.36. The Morgan fingerprint density at radius 2 is 1.95 bits per heavy atom. The zero-order chi connectivity index (χ0) is 14.8. The van der Waals surface area contributed by atoms with E-state index in [0.717, 1.165) is 0 Å². The van der Waals surface area contributed by atoms with Gasteiger partial charge in [-0.25, -0.2) is 9.59 Å². The highest BCUT2D eigenvalue weighted by Gasteiger charge is 2.22. The van der Waals surface area contributed by atoms with Crippen LogP contribution in [0.3, 0.4) is 0 Å². The van der Waals surface area contributed by atoms with Gasteiger partial charge in [-0.15, -0.1) is 0 Å². The van der Waals surface area contributed by atoms with Crippen molar-refractivity contribution in [2.24, 2.45) is 5.73 Å². The molecule has 0 saturated heterocycles. The molecule has 2 atom stereocenters. The first-order valence-corrected chi connectivity index (χ1v) is 5.47. The molecular weight excluding hydrogens is 258 g/mol. The molecule has 0 aliphatic rings. The third-order valence-corrected chi connectivity index (χ3v) is 2.18. The van der Waals surface area contributed by atoms with Gasteiger partial charge in [0.25, 0.3) is 0 Å². The number of nitrogens with two attached hydrogens (primary N) is 1. The van der Waals surface area contributed by atoms with Crippen LogP contribution in [-0.2, 0) is 19.1 Å². The highest BCUT2D eigenvalue weighted by Crippen LogP contribution is 1.92. The van der Waals surface area contributed by atoms with Crippen LogP contribution < -0.4 is 16.4 Å². The van der Waals surface area contributed by atoms with E-state index in [1.807, 2.05) is 0 Å². The number of nitrogens with one attached hydrogen (secondary N) is 2. The molecule has 3 amide bonds. The van der Waals surface area contributed by atoms with Gasteiger partial charge in [0.2, 0.25) is 5.91 Å². The number of hydrogen-bond donors (Lipinski definition) is 4. The summed E-state index contributed by atoms with van der Waals surface area (Å²) in [5, 5.41) is 13.3. The number of amides is 3. The Morgan fingerprint density at radius 1 is 1.32 bits per heavy atom. The second-order valence-corrected chi connectivity index (χ2v) is 3.73. The average molecular weight is 277 g/mol. The van der Waals surface area contributed by atoms with E-state index in [-0.39, 0.29) is 19.3 Å². The molecule has 0 aliphatic heterocycles. The van der Waals surface area contributed by atoms with Gasteiger partial charge in [-0.3, -0.25) is 4.79 Å². The van der Waals surface area contributed by atoms with Crippen LogP contribution in [0.25, 0.3) is 0 Å². The molecule has 1 unspecified atom stereocenters. The number of carboxylic acids is 1. The van der Waals surface area contributed by atoms with Crippen LogP contribution in [0.5, 0.6) is 0 Å². The highest BCUT2D eigenvalue weighted by molar-refractivity contribution is 5.87. The van der Waals surface area contributed by atoms with Crippen molar-refractivity contribution < 1.29 is 29.0 Å². The number of rotatable bonds is 9. The number of hydrogen-bond acceptors (Lipinski definition) is 5. The lowest BCUT2D eigenvalue weighted by Gasteiger charge is -2.17. The maximum atomic E-state index is 11.4. The summed E-state index contributed by atoms with van der Waals surface area (Å²) < 4.78 is 9.85. The molecule has 0 heterocycles. The van der Waals surface area contributed by atoms with E-state index >= 15 is 0 Å². The lowest BCUT2D eigenvalue weighted by molar-refractivity contribution is -0.140. The third-order valence-electron chi connectivity index (χ3n) is 2.18. The van der Waals surface area contributed by atoms with Gasteiger partial charge >= 0.3 is 12.0 Å². The molecule has 0 fully saturated rings. The van der Waals surface area contributed by atoms with Gasteiger partial charge < -0.3 is 30.9 Å². The molecule has 5 N–H and O–H groups in total. The molecule has 0 aromatic carbocycles. The number of ether oxygens (including phenoxy) is 2. The normalized spacial score (nSPS) is 13.4. The van der Waals surface area contributed by atoms with Gasteiger partial charge in [-0.05, 0) is 0 Å². The summed E-state index contributed by atoms with van der Waals surface area (Å²) >= 11 is 0. The number of carbonyl (C=O) groups is 3. The second-order valence-electron chi connectivity index (χ2n) is 3.73. The fourth-order valence-corrected chi connectivity index (χ4v) is 1.21. The quantitative estimate of drug-likeness (QED) is 0.395. The Bertz CT molecular complexity index is 322. The van der Waals surface area contributed by atoms with Crippen LogP contribution in [0, 0.1) is 0 Å². The van der Waals surface area contributed by atoms with Crippen molar-refractivity contribution in [1.29, 1.82) is 0 Å². The molecule has 0 aliphatic carbocycles. The number of methoxy groups -OCH3 is 2. The fourth-order valence-electron chi connectivity index (χ4n) is 1.21. The summed E-state index contributed by atoms with van der Waals surface area (Å²) in [6, 6.07) is -2.09. The lowest BCUT2D eigenvalue weighted by atomic mass is 10.2. The zero-order valence-electron chi connectivity index (χ0n) is 10.8. The summed E-state index contributed by atoms with van der Waals surface area (Å²) in [5.41, 5.74) is 4.88. The first-order chi connectivity index (χ1) is 8.90. The van der Waals surface area contributed by atoms with Crippen molar-refractivity contribution >= 4 is 17.9 Å². The Hall–Kier alpha value is -1.87. The fraction of sp³-hybridized carbons (Fsp3) is 0.700. The molecule has 0 spiro atoms. The predicted molar refractivity (Wildman–Crippen MR) is 64.4 cm³/mol. The molecule has 0 aromatic heterocycles. The molecule has 0 bridgehead atoms. The van der Waals surface area contributed by atoms with Crippen molar-refractivity contribution in [1.82, 2.24) is 10.6 Å². The van der Waals surface area contributed by atoms with E-state index in [4.69, 9.17) is 20.3 Å². The van der Waals surface area contributed by atoms with E-state index in [1.54, 1.807) is 0 Å². The summed E-state index contributed by atoms with van der Waals surface area (Å²) in [7, 11) is 2.94. The van der Waals surface area contributed by atoms with Crippen LogP contribution in [0.2, 0.25) is 0 Å². The summed E-state index contributed by atoms with van der Waals surface area (Å²) in [4.78, 5) is 32.8. The first kappa shape index (κ1) is 17.1. The first-order valence-electron chi connectivity index (χ1n) is 5.47. The van der Waals surface area contributed by atoms with E-state index < -0.39 is 30.4 Å². The zero-order valence-corrected chi connectivity index (χ0v) is 10.8. The van der Waals surface area contributed by atoms with Gasteiger partial charge in [0.1, 0.15) is 6.04 Å². The van der Waals surface area contributed by atoms with Gasteiger partial charge in [-0.2, -0.15) is 0 Å². The van der Waals surface area contributed by atoms with Crippen LogP contribution in [0.4, 0.5) is 4.79 Å². The Morgan fingerprint density at radius 3 is 2.37 bits per heavy atom. The Labute approximate surface area is 110 Å². The summed E-state index contributed by atoms with van der Waals surface area (Å²) in [5.74, 6) is -2.16. The SMILES string of the molecule is COCC(CNC(=O)N[C@H](CC(N)=O)C(=O)O)OC. The van der Waals surface area contributed by atoms with E-state index in [0.29, 0.717) is 0 Å². The predicted octanol–water partition coefficient (Wildman–Crippen LogP) is -1.72. The van der Waals surface area contributed by atoms with E-state index in [2.05, 4.69) is 10.6 Å². The van der Waals surface area contributed by atoms with Gasteiger partial charge in [0, 0.05) is 20.8 Å². The van der Waals surface area contributed by atoms with E-state index in [1.165, 1.54) is 14.2 Å². The average Bonchev–Trinajstić information content (AvgIpc) is 2.32. The number of carboxylic acid groups (broad SMARTS) is 1. The molecule has 0 rings (SSSR count). The Kier molecular flexibility index (Phi) is 8.22. The topological polar surface area (TPSA) is 140 Å². The van der Waals surface area contributed by atoms with Crippen molar-refractivity contribution in [3.63, 3.8) is 0 Å². The molecule has 9 heteroatoms. The minimum Gasteiger partial charge on any atom is -0.480 e. The number of carbonyl (C=O) groups excluding carboxylic acids is 2. The molecule has 9 nitrogen and oxygen atoms in total. The largest absolute Gasteiger partial charge is 0.480 e. The standard InChI is InChI=1S/C10H19N3O6/c1-18-5-6(19-2)4-12-10(17)13-7(9(15)16)3-8(11)14/h6-7H,3-5H2,1-2H3,(H2,11,14)(H,15,16)(H2,12,13,17)/t6?,7-/m1/s1. The van der Waals surface area contributed by atoms with Crippen molar-refractivity contribution in [2.45, 2.75) is 18.6 Å². The molecule has 110 valence electrons. The molecule has 19 heavy (non-hydrogen) atoms. The van der Waals surface area contributed by atoms with Crippen molar-refractivity contribution in [3.8, 4) is 0 Å². The smallest absolute Gasteiger partial charge is 0.326 e. The van der Waals surface area contributed by atoms with Crippen molar-refractivity contribution in [2.75, 3.05) is 27.4 Å². The molecule has 0 saturated carbocycles. The monoisotopic (exact) mass is 277 g/mol. The Balaban J connectivity index is 4.19. The second kappa shape index (κ2) is 9.11. The van der Waals surface area contributed by atoms with Crippen LogP contribution in [-0.4, -0.2) is 62.5 Å². The molecule has 0 aromatic rings. The van der Waals surface area contributed by atoms with Gasteiger partial charge in [0.05, 0.1) is 19.1 Å². The lowest BCUT2D eigenvalue weighted by Crippen LogP contribution is -2.49. The minimum absolute atomic E-state index is 0.138. The summed E-state index contributed by atoms with van der Waals surface area (Å²) in [6.07, 6.45) is -0.829. The van der Waals surface area contributed by atoms with Crippen LogP contribution >= 0.6 is 0 Å². The number of primary amides is 1. The maximum absolute atomic E-state index is 11.4. The van der Waals surface area contributed by atoms with Gasteiger partial charge in [0.15, 0.2) is 0 Å². The number of urea groups is 1. The highest BCUT2D eigenvalue weighted by atomic mass is 16.5. The van der Waals surface area contributed by atoms with Crippen molar-refractivity contribution in [3.05, 3.63) is 0 Å². The molecular formula is C10H19N3O6.